The zero-order valence-corrected chi connectivity index (χ0v) is 14.9. The van der Waals surface area contributed by atoms with Crippen LogP contribution in [0.25, 0.3) is 0 Å². The second-order valence-corrected chi connectivity index (χ2v) is 7.20. The number of nitrogens with two attached hydrogens (primary N) is 1. The van der Waals surface area contributed by atoms with Crippen molar-refractivity contribution in [1.82, 2.24) is 5.32 Å². The number of benzene rings is 2. The average molecular weight is 361 g/mol. The van der Waals surface area contributed by atoms with Gasteiger partial charge >= 0.3 is 0 Å². The van der Waals surface area contributed by atoms with Crippen molar-refractivity contribution in [2.45, 2.75) is 38.3 Å². The summed E-state index contributed by atoms with van der Waals surface area (Å²) >= 11 is 6.26. The number of carbonyl (C=O) groups excluding carboxylic acids is 1. The molecular formula is C20H22ClFN2O. The molecular weight excluding hydrogens is 339 g/mol. The van der Waals surface area contributed by atoms with Crippen LogP contribution in [0, 0.1) is 18.7 Å². The van der Waals surface area contributed by atoms with Gasteiger partial charge in [-0.2, -0.15) is 0 Å². The van der Waals surface area contributed by atoms with Crippen LogP contribution in [0.5, 0.6) is 0 Å². The monoisotopic (exact) mass is 360 g/mol. The van der Waals surface area contributed by atoms with E-state index in [0.29, 0.717) is 17.0 Å². The summed E-state index contributed by atoms with van der Waals surface area (Å²) in [6.45, 7) is 2.00. The van der Waals surface area contributed by atoms with Crippen LogP contribution in [0.1, 0.15) is 42.0 Å². The lowest BCUT2D eigenvalue weighted by molar-refractivity contribution is -0.125. The minimum Gasteiger partial charge on any atom is -0.345 e. The number of amides is 1. The molecule has 25 heavy (non-hydrogen) atoms. The van der Waals surface area contributed by atoms with Crippen molar-refractivity contribution in [2.75, 3.05) is 0 Å². The summed E-state index contributed by atoms with van der Waals surface area (Å²) in [6.07, 6.45) is 2.36. The van der Waals surface area contributed by atoms with Gasteiger partial charge in [-0.3, -0.25) is 4.79 Å². The molecule has 0 heterocycles. The predicted molar refractivity (Wildman–Crippen MR) is 97.9 cm³/mol. The third-order valence-corrected chi connectivity index (χ3v) is 5.14. The van der Waals surface area contributed by atoms with Crippen molar-refractivity contribution in [2.24, 2.45) is 11.7 Å². The third-order valence-electron chi connectivity index (χ3n) is 4.81. The van der Waals surface area contributed by atoms with Gasteiger partial charge in [-0.1, -0.05) is 47.5 Å². The Hall–Kier alpha value is -1.91. The summed E-state index contributed by atoms with van der Waals surface area (Å²) in [7, 11) is 0. The molecule has 0 saturated heterocycles. The number of rotatable bonds is 4. The Balaban J connectivity index is 1.91. The normalized spacial score (nSPS) is 21.1. The minimum absolute atomic E-state index is 0.0288. The zero-order valence-electron chi connectivity index (χ0n) is 14.1. The molecule has 0 radical (unpaired) electrons. The fraction of sp³-hybridized carbons (Fsp3) is 0.350. The van der Waals surface area contributed by atoms with E-state index in [1.807, 2.05) is 31.2 Å². The lowest BCUT2D eigenvalue weighted by atomic mass is 9.96. The Labute approximate surface area is 152 Å². The predicted octanol–water partition coefficient (Wildman–Crippen LogP) is 4.12. The molecule has 3 unspecified atom stereocenters. The van der Waals surface area contributed by atoms with Gasteiger partial charge in [0.05, 0.1) is 6.04 Å². The lowest BCUT2D eigenvalue weighted by Crippen LogP contribution is -2.34. The molecule has 3 rings (SSSR count). The SMILES string of the molecule is Cc1ccc(C(NC(=O)C2CCC(N)C2)c2ccc(F)cc2Cl)cc1. The van der Waals surface area contributed by atoms with E-state index in [4.69, 9.17) is 17.3 Å². The molecule has 0 bridgehead atoms. The van der Waals surface area contributed by atoms with Crippen LogP contribution in [0.3, 0.4) is 0 Å². The maximum absolute atomic E-state index is 13.4. The van der Waals surface area contributed by atoms with E-state index in [1.165, 1.54) is 12.1 Å². The molecule has 2 aromatic rings. The molecule has 1 saturated carbocycles. The maximum Gasteiger partial charge on any atom is 0.223 e. The second kappa shape index (κ2) is 7.54. The summed E-state index contributed by atoms with van der Waals surface area (Å²) < 4.78 is 13.4. The minimum atomic E-state index is -0.418. The summed E-state index contributed by atoms with van der Waals surface area (Å²) in [5.74, 6) is -0.509. The van der Waals surface area contributed by atoms with Crippen molar-refractivity contribution >= 4 is 17.5 Å². The Morgan fingerprint density at radius 2 is 1.96 bits per heavy atom. The number of carbonyl (C=O) groups is 1. The highest BCUT2D eigenvalue weighted by Gasteiger charge is 2.30. The van der Waals surface area contributed by atoms with E-state index >= 15 is 0 Å². The average Bonchev–Trinajstić information content (AvgIpc) is 3.01. The van der Waals surface area contributed by atoms with Crippen molar-refractivity contribution in [3.05, 3.63) is 70.0 Å². The molecule has 3 atom stereocenters. The van der Waals surface area contributed by atoms with Crippen molar-refractivity contribution in [3.8, 4) is 0 Å². The van der Waals surface area contributed by atoms with E-state index in [2.05, 4.69) is 5.32 Å². The van der Waals surface area contributed by atoms with Gasteiger partial charge in [0, 0.05) is 17.0 Å². The molecule has 132 valence electrons. The van der Waals surface area contributed by atoms with E-state index in [9.17, 15) is 9.18 Å². The largest absolute Gasteiger partial charge is 0.345 e. The number of aryl methyl sites for hydroxylation is 1. The van der Waals surface area contributed by atoms with Gasteiger partial charge in [0.1, 0.15) is 5.82 Å². The number of nitrogens with one attached hydrogen (secondary N) is 1. The highest BCUT2D eigenvalue weighted by molar-refractivity contribution is 6.31. The summed E-state index contributed by atoms with van der Waals surface area (Å²) in [6, 6.07) is 11.8. The highest BCUT2D eigenvalue weighted by Crippen LogP contribution is 2.31. The Morgan fingerprint density at radius 1 is 1.24 bits per heavy atom. The topological polar surface area (TPSA) is 55.1 Å². The van der Waals surface area contributed by atoms with Crippen LogP contribution < -0.4 is 11.1 Å². The number of halogens is 2. The van der Waals surface area contributed by atoms with Gasteiger partial charge in [-0.25, -0.2) is 4.39 Å². The third kappa shape index (κ3) is 4.20. The van der Waals surface area contributed by atoms with E-state index in [-0.39, 0.29) is 17.9 Å². The van der Waals surface area contributed by atoms with Crippen LogP contribution >= 0.6 is 11.6 Å². The zero-order chi connectivity index (χ0) is 18.0. The number of hydrogen-bond donors (Lipinski definition) is 2. The first kappa shape index (κ1) is 17.9. The first-order valence-corrected chi connectivity index (χ1v) is 8.89. The Morgan fingerprint density at radius 3 is 2.56 bits per heavy atom. The van der Waals surface area contributed by atoms with E-state index < -0.39 is 11.9 Å². The Kier molecular flexibility index (Phi) is 5.40. The summed E-state index contributed by atoms with van der Waals surface area (Å²) in [5.41, 5.74) is 8.65. The van der Waals surface area contributed by atoms with Gasteiger partial charge < -0.3 is 11.1 Å². The van der Waals surface area contributed by atoms with Crippen molar-refractivity contribution in [3.63, 3.8) is 0 Å². The van der Waals surface area contributed by atoms with Crippen LogP contribution in [-0.2, 0) is 4.79 Å². The fourth-order valence-corrected chi connectivity index (χ4v) is 3.63. The molecule has 0 aromatic heterocycles. The van der Waals surface area contributed by atoms with Gasteiger partial charge in [0.25, 0.3) is 0 Å². The standard InChI is InChI=1S/C20H22ClFN2O/c1-12-2-4-13(5-3-12)19(17-9-7-15(22)11-18(17)21)24-20(25)14-6-8-16(23)10-14/h2-5,7,9,11,14,16,19H,6,8,10,23H2,1H3,(H,24,25). The molecule has 0 spiro atoms. The van der Waals surface area contributed by atoms with Crippen LogP contribution in [0.4, 0.5) is 4.39 Å². The van der Waals surface area contributed by atoms with Gasteiger partial charge in [-0.05, 0) is 49.4 Å². The van der Waals surface area contributed by atoms with Crippen LogP contribution in [-0.4, -0.2) is 11.9 Å². The van der Waals surface area contributed by atoms with E-state index in [0.717, 1.165) is 24.0 Å². The highest BCUT2D eigenvalue weighted by atomic mass is 35.5. The smallest absolute Gasteiger partial charge is 0.223 e. The first-order chi connectivity index (χ1) is 11.9. The molecule has 5 heteroatoms. The van der Waals surface area contributed by atoms with Crippen molar-refractivity contribution in [1.29, 1.82) is 0 Å². The molecule has 1 aliphatic rings. The van der Waals surface area contributed by atoms with Crippen LogP contribution in [0.15, 0.2) is 42.5 Å². The lowest BCUT2D eigenvalue weighted by Gasteiger charge is -2.23. The molecule has 3 N–H and O–H groups in total. The molecule has 2 aromatic carbocycles. The first-order valence-electron chi connectivity index (χ1n) is 8.51. The Bertz CT molecular complexity index is 763. The summed E-state index contributed by atoms with van der Waals surface area (Å²) in [5, 5.41) is 3.39. The molecule has 0 aliphatic heterocycles. The molecule has 3 nitrogen and oxygen atoms in total. The molecule has 1 fully saturated rings. The number of hydrogen-bond acceptors (Lipinski definition) is 2. The maximum atomic E-state index is 13.4. The van der Waals surface area contributed by atoms with Gasteiger partial charge in [-0.15, -0.1) is 0 Å². The van der Waals surface area contributed by atoms with Gasteiger partial charge in [0.15, 0.2) is 0 Å². The summed E-state index contributed by atoms with van der Waals surface area (Å²) in [4.78, 5) is 12.7. The van der Waals surface area contributed by atoms with Crippen LogP contribution in [0.2, 0.25) is 5.02 Å². The van der Waals surface area contributed by atoms with Crippen molar-refractivity contribution < 1.29 is 9.18 Å². The second-order valence-electron chi connectivity index (χ2n) is 6.79. The molecule has 1 amide bonds. The quantitative estimate of drug-likeness (QED) is 0.861. The fourth-order valence-electron chi connectivity index (χ4n) is 3.35. The van der Waals surface area contributed by atoms with E-state index in [1.54, 1.807) is 6.07 Å². The van der Waals surface area contributed by atoms with Gasteiger partial charge in [0.2, 0.25) is 5.91 Å². The molecule has 1 aliphatic carbocycles.